The van der Waals surface area contributed by atoms with Gasteiger partial charge in [-0.1, -0.05) is 25.0 Å². The van der Waals surface area contributed by atoms with Crippen molar-refractivity contribution in [2.75, 3.05) is 26.2 Å². The van der Waals surface area contributed by atoms with Gasteiger partial charge in [0.2, 0.25) is 10.0 Å². The van der Waals surface area contributed by atoms with Crippen molar-refractivity contribution in [3.63, 3.8) is 0 Å². The maximum absolute atomic E-state index is 12.8. The van der Waals surface area contributed by atoms with Gasteiger partial charge in [0, 0.05) is 37.1 Å². The zero-order valence-electron chi connectivity index (χ0n) is 18.4. The molecule has 2 aliphatic rings. The maximum atomic E-state index is 12.8. The molecular formula is C24H28N2O5S2. The zero-order valence-corrected chi connectivity index (χ0v) is 20.1. The number of amides is 1. The van der Waals surface area contributed by atoms with Gasteiger partial charge in [-0.2, -0.15) is 4.31 Å². The van der Waals surface area contributed by atoms with E-state index in [-0.39, 0.29) is 17.4 Å². The molecule has 0 saturated carbocycles. The normalized spacial score (nSPS) is 17.5. The molecule has 2 aromatic rings. The molecule has 7 nitrogen and oxygen atoms in total. The first-order valence-electron chi connectivity index (χ1n) is 11.2. The summed E-state index contributed by atoms with van der Waals surface area (Å²) >= 11 is 1.70. The molecule has 0 N–H and O–H groups in total. The Bertz CT molecular complexity index is 1110. The lowest BCUT2D eigenvalue weighted by atomic mass is 10.1. The Morgan fingerprint density at radius 1 is 1.00 bits per heavy atom. The van der Waals surface area contributed by atoms with Crippen LogP contribution < -0.4 is 0 Å². The van der Waals surface area contributed by atoms with Gasteiger partial charge >= 0.3 is 5.97 Å². The summed E-state index contributed by atoms with van der Waals surface area (Å²) in [6.07, 6.45) is 7.52. The number of sulfonamides is 1. The van der Waals surface area contributed by atoms with Gasteiger partial charge < -0.3 is 9.64 Å². The summed E-state index contributed by atoms with van der Waals surface area (Å²) in [4.78, 5) is 27.7. The first-order valence-corrected chi connectivity index (χ1v) is 13.5. The van der Waals surface area contributed by atoms with Gasteiger partial charge in [-0.15, -0.1) is 11.3 Å². The van der Waals surface area contributed by atoms with Gasteiger partial charge in [0.15, 0.2) is 6.61 Å². The van der Waals surface area contributed by atoms with Crippen LogP contribution in [0.3, 0.4) is 0 Å². The van der Waals surface area contributed by atoms with E-state index in [0.717, 1.165) is 37.7 Å². The van der Waals surface area contributed by atoms with Crippen LogP contribution in [0.2, 0.25) is 0 Å². The summed E-state index contributed by atoms with van der Waals surface area (Å²) in [5.41, 5.74) is 1.83. The van der Waals surface area contributed by atoms with E-state index in [1.165, 1.54) is 11.0 Å². The fourth-order valence-corrected chi connectivity index (χ4v) is 6.49. The lowest BCUT2D eigenvalue weighted by Crippen LogP contribution is -2.38. The third kappa shape index (κ3) is 5.90. The van der Waals surface area contributed by atoms with E-state index < -0.39 is 16.0 Å². The van der Waals surface area contributed by atoms with Crippen LogP contribution in [-0.4, -0.2) is 55.7 Å². The number of thiophene rings is 1. The lowest BCUT2D eigenvalue weighted by Gasteiger charge is -2.26. The summed E-state index contributed by atoms with van der Waals surface area (Å²) in [6.45, 7) is 2.00. The molecule has 1 fully saturated rings. The lowest BCUT2D eigenvalue weighted by molar-refractivity contribution is -0.148. The van der Waals surface area contributed by atoms with Crippen molar-refractivity contribution < 1.29 is 22.7 Å². The minimum atomic E-state index is -3.50. The Morgan fingerprint density at radius 3 is 2.45 bits per heavy atom. The van der Waals surface area contributed by atoms with E-state index in [1.807, 2.05) is 11.4 Å². The van der Waals surface area contributed by atoms with Crippen LogP contribution >= 0.6 is 11.3 Å². The molecule has 1 saturated heterocycles. The quantitative estimate of drug-likeness (QED) is 0.459. The molecule has 9 heteroatoms. The number of carbonyl (C=O) groups is 2. The van der Waals surface area contributed by atoms with Gasteiger partial charge in [0.1, 0.15) is 0 Å². The van der Waals surface area contributed by atoms with Crippen molar-refractivity contribution >= 4 is 39.3 Å². The molecule has 0 spiro atoms. The van der Waals surface area contributed by atoms with Crippen molar-refractivity contribution in [1.29, 1.82) is 0 Å². The highest BCUT2D eigenvalue weighted by atomic mass is 32.2. The van der Waals surface area contributed by atoms with E-state index in [0.29, 0.717) is 31.7 Å². The minimum absolute atomic E-state index is 0.211. The second-order valence-electron chi connectivity index (χ2n) is 8.26. The molecule has 176 valence electrons. The molecule has 4 rings (SSSR count). The smallest absolute Gasteiger partial charge is 0.331 e. The van der Waals surface area contributed by atoms with Crippen LogP contribution in [0, 0.1) is 0 Å². The van der Waals surface area contributed by atoms with E-state index in [1.54, 1.807) is 50.9 Å². The average molecular weight is 489 g/mol. The van der Waals surface area contributed by atoms with Crippen molar-refractivity contribution in [3.8, 4) is 0 Å². The van der Waals surface area contributed by atoms with Crippen molar-refractivity contribution in [2.45, 2.75) is 43.5 Å². The first-order chi connectivity index (χ1) is 15.9. The second kappa shape index (κ2) is 10.6. The van der Waals surface area contributed by atoms with Crippen molar-refractivity contribution in [2.24, 2.45) is 0 Å². The summed E-state index contributed by atoms with van der Waals surface area (Å²) in [7, 11) is -3.50. The Morgan fingerprint density at radius 2 is 1.73 bits per heavy atom. The fraction of sp³-hybridized carbons (Fsp3) is 0.417. The molecule has 33 heavy (non-hydrogen) atoms. The number of carbonyl (C=O) groups excluding carboxylic acids is 2. The number of esters is 1. The van der Waals surface area contributed by atoms with Gasteiger partial charge in [-0.25, -0.2) is 13.2 Å². The van der Waals surface area contributed by atoms with E-state index in [9.17, 15) is 18.0 Å². The van der Waals surface area contributed by atoms with E-state index in [2.05, 4.69) is 0 Å². The van der Waals surface area contributed by atoms with Crippen LogP contribution in [0.4, 0.5) is 0 Å². The molecule has 0 radical (unpaired) electrons. The molecule has 0 aliphatic carbocycles. The van der Waals surface area contributed by atoms with Gasteiger partial charge in [0.25, 0.3) is 5.91 Å². The Balaban J connectivity index is 1.28. The highest BCUT2D eigenvalue weighted by molar-refractivity contribution is 7.89. The average Bonchev–Trinajstić information content (AvgIpc) is 3.12. The Labute approximate surface area is 198 Å². The SMILES string of the molecule is O=C(/C=C/c1ccc(S(=O)(=O)N2CCCCCC2)cc1)OCC(=O)N1CCc2sccc2C1. The first kappa shape index (κ1) is 23.7. The molecular weight excluding hydrogens is 460 g/mol. The number of ether oxygens (including phenoxy) is 1. The van der Waals surface area contributed by atoms with Crippen LogP contribution in [0.1, 0.15) is 41.7 Å². The molecule has 3 heterocycles. The number of benzene rings is 1. The highest BCUT2D eigenvalue weighted by Crippen LogP contribution is 2.24. The highest BCUT2D eigenvalue weighted by Gasteiger charge is 2.25. The Kier molecular flexibility index (Phi) is 7.62. The molecule has 0 atom stereocenters. The standard InChI is InChI=1S/C24H28N2O5S2/c27-23(25-15-11-22-20(17-25)12-16-32-22)18-31-24(28)10-7-19-5-8-21(9-6-19)33(29,30)26-13-3-1-2-4-14-26/h5-10,12,16H,1-4,11,13-15,17-18H2/b10-7+. The zero-order chi connectivity index (χ0) is 23.3. The number of nitrogens with zero attached hydrogens (tertiary/aromatic N) is 2. The predicted octanol–water partition coefficient (Wildman–Crippen LogP) is 3.45. The monoisotopic (exact) mass is 488 g/mol. The van der Waals surface area contributed by atoms with Crippen LogP contribution in [0.15, 0.2) is 46.7 Å². The minimum Gasteiger partial charge on any atom is -0.452 e. The topological polar surface area (TPSA) is 84.0 Å². The Hall–Kier alpha value is -2.49. The number of hydrogen-bond donors (Lipinski definition) is 0. The second-order valence-corrected chi connectivity index (χ2v) is 11.2. The van der Waals surface area contributed by atoms with Crippen LogP contribution in [0.25, 0.3) is 6.08 Å². The van der Waals surface area contributed by atoms with Gasteiger partial charge in [-0.05, 0) is 60.0 Å². The number of rotatable bonds is 6. The summed E-state index contributed by atoms with van der Waals surface area (Å²) in [6, 6.07) is 8.46. The molecule has 1 aromatic carbocycles. The molecule has 2 aliphatic heterocycles. The molecule has 1 aromatic heterocycles. The fourth-order valence-electron chi connectivity index (χ4n) is 4.08. The summed E-state index contributed by atoms with van der Waals surface area (Å²) < 4.78 is 32.4. The summed E-state index contributed by atoms with van der Waals surface area (Å²) in [5.74, 6) is -0.825. The molecule has 0 bridgehead atoms. The molecule has 0 unspecified atom stereocenters. The van der Waals surface area contributed by atoms with E-state index in [4.69, 9.17) is 4.74 Å². The maximum Gasteiger partial charge on any atom is 0.331 e. The number of hydrogen-bond acceptors (Lipinski definition) is 6. The van der Waals surface area contributed by atoms with Gasteiger partial charge in [-0.3, -0.25) is 4.79 Å². The van der Waals surface area contributed by atoms with Crippen LogP contribution in [0.5, 0.6) is 0 Å². The largest absolute Gasteiger partial charge is 0.452 e. The third-order valence-corrected chi connectivity index (χ3v) is 8.93. The van der Waals surface area contributed by atoms with Crippen molar-refractivity contribution in [3.05, 3.63) is 57.8 Å². The predicted molar refractivity (Wildman–Crippen MR) is 127 cm³/mol. The number of fused-ring (bicyclic) bond motifs is 1. The van der Waals surface area contributed by atoms with Crippen molar-refractivity contribution in [1.82, 2.24) is 9.21 Å². The van der Waals surface area contributed by atoms with E-state index >= 15 is 0 Å². The van der Waals surface area contributed by atoms with Gasteiger partial charge in [0.05, 0.1) is 4.90 Å². The van der Waals surface area contributed by atoms with Crippen LogP contribution in [-0.2, 0) is 37.3 Å². The third-order valence-electron chi connectivity index (χ3n) is 5.99. The molecule has 1 amide bonds. The summed E-state index contributed by atoms with van der Waals surface area (Å²) in [5, 5.41) is 2.03.